The molecule has 1 saturated heterocycles. The zero-order valence-electron chi connectivity index (χ0n) is 16.3. The van der Waals surface area contributed by atoms with Crippen molar-refractivity contribution in [2.75, 3.05) is 16.8 Å². The van der Waals surface area contributed by atoms with Gasteiger partial charge in [0.25, 0.3) is 0 Å². The molecule has 7 nitrogen and oxygen atoms in total. The highest BCUT2D eigenvalue weighted by molar-refractivity contribution is 7.91. The molecule has 0 bridgehead atoms. The summed E-state index contributed by atoms with van der Waals surface area (Å²) in [7, 11) is -3.00. The SMILES string of the molecule is Cc1nn(C2CCS(=O)(=O)C2)c(C)c1CC(=O)Nc1nc(-c2ccccc2)cs1. The van der Waals surface area contributed by atoms with Crippen LogP contribution in [0.15, 0.2) is 35.7 Å². The number of sulfone groups is 1. The van der Waals surface area contributed by atoms with Crippen molar-refractivity contribution in [3.05, 3.63) is 52.7 Å². The molecule has 1 aromatic carbocycles. The molecule has 0 radical (unpaired) electrons. The Morgan fingerprint density at radius 2 is 2.03 bits per heavy atom. The number of anilines is 1. The van der Waals surface area contributed by atoms with E-state index in [1.807, 2.05) is 49.6 Å². The molecule has 2 aromatic heterocycles. The summed E-state index contributed by atoms with van der Waals surface area (Å²) < 4.78 is 25.4. The van der Waals surface area contributed by atoms with Crippen LogP contribution in [-0.2, 0) is 21.1 Å². The highest BCUT2D eigenvalue weighted by atomic mass is 32.2. The van der Waals surface area contributed by atoms with Crippen LogP contribution in [0.5, 0.6) is 0 Å². The number of aromatic nitrogens is 3. The van der Waals surface area contributed by atoms with Crippen LogP contribution >= 0.6 is 11.3 Å². The van der Waals surface area contributed by atoms with Crippen molar-refractivity contribution in [3.63, 3.8) is 0 Å². The zero-order valence-corrected chi connectivity index (χ0v) is 17.9. The molecule has 1 fully saturated rings. The van der Waals surface area contributed by atoms with Crippen molar-refractivity contribution >= 4 is 32.2 Å². The van der Waals surface area contributed by atoms with Crippen LogP contribution in [0.2, 0.25) is 0 Å². The Bertz CT molecular complexity index is 1150. The van der Waals surface area contributed by atoms with Gasteiger partial charge in [-0.05, 0) is 20.3 Å². The summed E-state index contributed by atoms with van der Waals surface area (Å²) in [6.07, 6.45) is 0.745. The molecule has 1 aliphatic heterocycles. The number of thiazole rings is 1. The Morgan fingerprint density at radius 3 is 2.72 bits per heavy atom. The first-order valence-corrected chi connectivity index (χ1v) is 12.1. The van der Waals surface area contributed by atoms with Crippen LogP contribution in [0.25, 0.3) is 11.3 Å². The van der Waals surface area contributed by atoms with Gasteiger partial charge in [-0.15, -0.1) is 11.3 Å². The van der Waals surface area contributed by atoms with Crippen molar-refractivity contribution in [1.82, 2.24) is 14.8 Å². The summed E-state index contributed by atoms with van der Waals surface area (Å²) >= 11 is 1.39. The maximum Gasteiger partial charge on any atom is 0.230 e. The number of nitrogens with zero attached hydrogens (tertiary/aromatic N) is 3. The number of amides is 1. The van der Waals surface area contributed by atoms with Crippen molar-refractivity contribution in [2.45, 2.75) is 32.7 Å². The average molecular weight is 431 g/mol. The number of aryl methyl sites for hydroxylation is 1. The number of rotatable bonds is 5. The molecule has 4 rings (SSSR count). The summed E-state index contributed by atoms with van der Waals surface area (Å²) in [5.74, 6) is 0.144. The second-order valence-electron chi connectivity index (χ2n) is 7.28. The molecule has 1 N–H and O–H groups in total. The fourth-order valence-corrected chi connectivity index (χ4v) is 6.10. The molecule has 3 aromatic rings. The highest BCUT2D eigenvalue weighted by Crippen LogP contribution is 2.28. The van der Waals surface area contributed by atoms with Gasteiger partial charge in [0.05, 0.1) is 35.4 Å². The molecule has 0 saturated carbocycles. The highest BCUT2D eigenvalue weighted by Gasteiger charge is 2.31. The Labute approximate surface area is 173 Å². The predicted molar refractivity (Wildman–Crippen MR) is 114 cm³/mol. The standard InChI is InChI=1S/C20H22N4O3S2/c1-13-17(14(2)24(23-13)16-8-9-29(26,27)12-16)10-19(25)22-20-21-18(11-28-20)15-6-4-3-5-7-15/h3-7,11,16H,8-10,12H2,1-2H3,(H,21,22,25). The van der Waals surface area contributed by atoms with Gasteiger partial charge in [-0.1, -0.05) is 30.3 Å². The third-order valence-corrected chi connectivity index (χ3v) is 7.69. The zero-order chi connectivity index (χ0) is 20.6. The molecular weight excluding hydrogens is 408 g/mol. The smallest absolute Gasteiger partial charge is 0.230 e. The molecule has 29 heavy (non-hydrogen) atoms. The Morgan fingerprint density at radius 1 is 1.28 bits per heavy atom. The van der Waals surface area contributed by atoms with E-state index in [9.17, 15) is 13.2 Å². The Hall–Kier alpha value is -2.52. The van der Waals surface area contributed by atoms with E-state index in [1.54, 1.807) is 4.68 Å². The second kappa shape index (κ2) is 7.72. The van der Waals surface area contributed by atoms with Crippen LogP contribution in [0, 0.1) is 13.8 Å². The van der Waals surface area contributed by atoms with Crippen LogP contribution in [0.3, 0.4) is 0 Å². The van der Waals surface area contributed by atoms with Crippen molar-refractivity contribution < 1.29 is 13.2 Å². The number of nitrogens with one attached hydrogen (secondary N) is 1. The molecular formula is C20H22N4O3S2. The molecule has 1 aliphatic rings. The lowest BCUT2D eigenvalue weighted by atomic mass is 10.1. The summed E-state index contributed by atoms with van der Waals surface area (Å²) in [5.41, 5.74) is 4.28. The number of hydrogen-bond acceptors (Lipinski definition) is 6. The largest absolute Gasteiger partial charge is 0.302 e. The number of benzene rings is 1. The number of carbonyl (C=O) groups excluding carboxylic acids is 1. The van der Waals surface area contributed by atoms with E-state index in [0.29, 0.717) is 11.6 Å². The lowest BCUT2D eigenvalue weighted by Gasteiger charge is -2.11. The van der Waals surface area contributed by atoms with E-state index < -0.39 is 9.84 Å². The summed E-state index contributed by atoms with van der Waals surface area (Å²) in [4.78, 5) is 17.1. The summed E-state index contributed by atoms with van der Waals surface area (Å²) in [6.45, 7) is 3.75. The topological polar surface area (TPSA) is 94.0 Å². The van der Waals surface area contributed by atoms with E-state index in [0.717, 1.165) is 28.2 Å². The minimum absolute atomic E-state index is 0.113. The first-order valence-electron chi connectivity index (χ1n) is 9.38. The van der Waals surface area contributed by atoms with Gasteiger partial charge in [0, 0.05) is 22.2 Å². The van der Waals surface area contributed by atoms with Gasteiger partial charge in [0.15, 0.2) is 15.0 Å². The first-order chi connectivity index (χ1) is 13.8. The van der Waals surface area contributed by atoms with Crippen LogP contribution < -0.4 is 5.32 Å². The third kappa shape index (κ3) is 4.25. The van der Waals surface area contributed by atoms with E-state index in [4.69, 9.17) is 0 Å². The van der Waals surface area contributed by atoms with E-state index in [2.05, 4.69) is 15.4 Å². The van der Waals surface area contributed by atoms with Gasteiger partial charge in [-0.3, -0.25) is 9.48 Å². The third-order valence-electron chi connectivity index (χ3n) is 5.19. The Kier molecular flexibility index (Phi) is 5.26. The molecule has 1 atom stereocenters. The lowest BCUT2D eigenvalue weighted by molar-refractivity contribution is -0.115. The summed E-state index contributed by atoms with van der Waals surface area (Å²) in [6, 6.07) is 9.65. The van der Waals surface area contributed by atoms with Crippen molar-refractivity contribution in [2.24, 2.45) is 0 Å². The molecule has 3 heterocycles. The van der Waals surface area contributed by atoms with Gasteiger partial charge < -0.3 is 5.32 Å². The first kappa shape index (κ1) is 19.8. The van der Waals surface area contributed by atoms with Crippen LogP contribution in [-0.4, -0.2) is 40.6 Å². The summed E-state index contributed by atoms with van der Waals surface area (Å²) in [5, 5.41) is 9.85. The second-order valence-corrected chi connectivity index (χ2v) is 10.4. The molecule has 1 amide bonds. The van der Waals surface area contributed by atoms with Crippen molar-refractivity contribution in [3.8, 4) is 11.3 Å². The van der Waals surface area contributed by atoms with Crippen molar-refractivity contribution in [1.29, 1.82) is 0 Å². The maximum atomic E-state index is 12.6. The fourth-order valence-electron chi connectivity index (χ4n) is 3.67. The van der Waals surface area contributed by atoms with Gasteiger partial charge in [-0.25, -0.2) is 13.4 Å². The van der Waals surface area contributed by atoms with Gasteiger partial charge in [-0.2, -0.15) is 5.10 Å². The van der Waals surface area contributed by atoms with E-state index in [-0.39, 0.29) is 29.9 Å². The normalized spacial score (nSPS) is 18.1. The monoisotopic (exact) mass is 430 g/mol. The number of carbonyl (C=O) groups is 1. The molecule has 152 valence electrons. The molecule has 9 heteroatoms. The van der Waals surface area contributed by atoms with Gasteiger partial charge in [0.1, 0.15) is 0 Å². The van der Waals surface area contributed by atoms with E-state index in [1.165, 1.54) is 11.3 Å². The minimum Gasteiger partial charge on any atom is -0.302 e. The minimum atomic E-state index is -3.00. The van der Waals surface area contributed by atoms with Gasteiger partial charge >= 0.3 is 0 Å². The fraction of sp³-hybridized carbons (Fsp3) is 0.350. The van der Waals surface area contributed by atoms with Crippen LogP contribution in [0.4, 0.5) is 5.13 Å². The van der Waals surface area contributed by atoms with E-state index >= 15 is 0 Å². The number of hydrogen-bond donors (Lipinski definition) is 1. The molecule has 0 spiro atoms. The molecule has 1 unspecified atom stereocenters. The average Bonchev–Trinajstić information content (AvgIpc) is 3.36. The quantitative estimate of drug-likeness (QED) is 0.671. The Balaban J connectivity index is 1.46. The van der Waals surface area contributed by atoms with Gasteiger partial charge in [0.2, 0.25) is 5.91 Å². The lowest BCUT2D eigenvalue weighted by Crippen LogP contribution is -2.16. The molecule has 0 aliphatic carbocycles. The predicted octanol–water partition coefficient (Wildman–Crippen LogP) is 3.16. The van der Waals surface area contributed by atoms with Crippen LogP contribution in [0.1, 0.15) is 29.4 Å². The maximum absolute atomic E-state index is 12.6.